The Labute approximate surface area is 95.7 Å². The highest BCUT2D eigenvalue weighted by Gasteiger charge is 2.50. The summed E-state index contributed by atoms with van der Waals surface area (Å²) in [4.78, 5) is 22.7. The van der Waals surface area contributed by atoms with Crippen molar-refractivity contribution in [2.45, 2.75) is 12.6 Å². The van der Waals surface area contributed by atoms with Crippen LogP contribution in [0.5, 0.6) is 0 Å². The molecule has 0 saturated heterocycles. The summed E-state index contributed by atoms with van der Waals surface area (Å²) in [5.74, 6) is -3.58. The molecule has 17 heavy (non-hydrogen) atoms. The summed E-state index contributed by atoms with van der Waals surface area (Å²) in [5.41, 5.74) is 0. The van der Waals surface area contributed by atoms with E-state index in [2.05, 4.69) is 6.58 Å². The fourth-order valence-electron chi connectivity index (χ4n) is 1.58. The number of carboxylic acid groups (broad SMARTS) is 1. The van der Waals surface area contributed by atoms with Gasteiger partial charge in [0.1, 0.15) is 6.54 Å². The Morgan fingerprint density at radius 1 is 1.41 bits per heavy atom. The highest BCUT2D eigenvalue weighted by Crippen LogP contribution is 2.40. The molecule has 0 aromatic heterocycles. The molecule has 4 nitrogen and oxygen atoms in total. The Bertz CT molecular complexity index is 340. The maximum Gasteiger partial charge on any atom is 0.406 e. The van der Waals surface area contributed by atoms with Gasteiger partial charge in [-0.15, -0.1) is 6.58 Å². The molecular formula is C10H12F3NO3. The first kappa shape index (κ1) is 13.5. The van der Waals surface area contributed by atoms with Gasteiger partial charge in [0.15, 0.2) is 0 Å². The lowest BCUT2D eigenvalue weighted by Crippen LogP contribution is -2.40. The lowest BCUT2D eigenvalue weighted by Gasteiger charge is -2.22. The van der Waals surface area contributed by atoms with E-state index in [1.54, 1.807) is 0 Å². The number of aliphatic carboxylic acids is 1. The molecule has 0 spiro atoms. The third-order valence-corrected chi connectivity index (χ3v) is 2.46. The molecule has 1 rings (SSSR count). The third-order valence-electron chi connectivity index (χ3n) is 2.46. The number of nitrogens with zero attached hydrogens (tertiary/aromatic N) is 1. The normalized spacial score (nSPS) is 23.0. The van der Waals surface area contributed by atoms with Gasteiger partial charge in [-0.25, -0.2) is 0 Å². The lowest BCUT2D eigenvalue weighted by atomic mass is 10.2. The van der Waals surface area contributed by atoms with Crippen molar-refractivity contribution in [1.82, 2.24) is 4.90 Å². The SMILES string of the molecule is C=CCN(CC(F)(F)F)C(=O)[C@H]1C[C@@H]1C(=O)O. The Hall–Kier alpha value is -1.53. The fraction of sp³-hybridized carbons (Fsp3) is 0.600. The number of halogens is 3. The van der Waals surface area contributed by atoms with Crippen molar-refractivity contribution < 1.29 is 27.9 Å². The van der Waals surface area contributed by atoms with Crippen LogP contribution in [0.4, 0.5) is 13.2 Å². The second kappa shape index (κ2) is 4.77. The zero-order valence-electron chi connectivity index (χ0n) is 8.91. The Morgan fingerprint density at radius 2 is 2.00 bits per heavy atom. The third kappa shape index (κ3) is 3.76. The van der Waals surface area contributed by atoms with Crippen LogP contribution >= 0.6 is 0 Å². The van der Waals surface area contributed by atoms with E-state index in [9.17, 15) is 22.8 Å². The zero-order chi connectivity index (χ0) is 13.2. The monoisotopic (exact) mass is 251 g/mol. The molecule has 0 bridgehead atoms. The highest BCUT2D eigenvalue weighted by molar-refractivity contribution is 5.89. The molecule has 0 aromatic rings. The molecule has 96 valence electrons. The van der Waals surface area contributed by atoms with Gasteiger partial charge in [0.2, 0.25) is 5.91 Å². The average Bonchev–Trinajstić information content (AvgIpc) is 2.93. The van der Waals surface area contributed by atoms with Crippen molar-refractivity contribution in [2.24, 2.45) is 11.8 Å². The van der Waals surface area contributed by atoms with E-state index in [1.807, 2.05) is 0 Å². The van der Waals surface area contributed by atoms with Crippen LogP contribution in [-0.2, 0) is 9.59 Å². The Morgan fingerprint density at radius 3 is 2.35 bits per heavy atom. The molecule has 0 aliphatic heterocycles. The second-order valence-electron chi connectivity index (χ2n) is 3.91. The van der Waals surface area contributed by atoms with Gasteiger partial charge < -0.3 is 10.0 Å². The van der Waals surface area contributed by atoms with Crippen molar-refractivity contribution in [2.75, 3.05) is 13.1 Å². The van der Waals surface area contributed by atoms with Crippen molar-refractivity contribution in [3.63, 3.8) is 0 Å². The second-order valence-corrected chi connectivity index (χ2v) is 3.91. The summed E-state index contributed by atoms with van der Waals surface area (Å²) in [7, 11) is 0. The number of alkyl halides is 3. The first-order chi connectivity index (χ1) is 7.76. The number of carbonyl (C=O) groups excluding carboxylic acids is 1. The standard InChI is InChI=1S/C10H12F3NO3/c1-2-3-14(5-10(11,12)13)8(15)6-4-7(6)9(16)17/h2,6-7H,1,3-5H2,(H,16,17)/t6-,7-/m0/s1. The number of rotatable bonds is 5. The van der Waals surface area contributed by atoms with Gasteiger partial charge in [-0.1, -0.05) is 6.08 Å². The molecule has 1 saturated carbocycles. The molecule has 0 aromatic carbocycles. The van der Waals surface area contributed by atoms with E-state index in [0.717, 1.165) is 0 Å². The molecule has 1 fully saturated rings. The van der Waals surface area contributed by atoms with Gasteiger partial charge in [-0.05, 0) is 6.42 Å². The van der Waals surface area contributed by atoms with Crippen LogP contribution in [0.25, 0.3) is 0 Å². The fourth-order valence-corrected chi connectivity index (χ4v) is 1.58. The molecule has 2 atom stereocenters. The molecule has 1 amide bonds. The van der Waals surface area contributed by atoms with Crippen LogP contribution in [-0.4, -0.2) is 41.1 Å². The van der Waals surface area contributed by atoms with E-state index in [0.29, 0.717) is 4.90 Å². The summed E-state index contributed by atoms with van der Waals surface area (Å²) in [6.45, 7) is 1.66. The van der Waals surface area contributed by atoms with E-state index >= 15 is 0 Å². The van der Waals surface area contributed by atoms with Gasteiger partial charge in [-0.2, -0.15) is 13.2 Å². The Kier molecular flexibility index (Phi) is 3.79. The van der Waals surface area contributed by atoms with E-state index in [1.165, 1.54) is 6.08 Å². The first-order valence-corrected chi connectivity index (χ1v) is 4.95. The van der Waals surface area contributed by atoms with E-state index < -0.39 is 36.4 Å². The maximum absolute atomic E-state index is 12.2. The van der Waals surface area contributed by atoms with Gasteiger partial charge in [-0.3, -0.25) is 9.59 Å². The molecule has 1 aliphatic carbocycles. The average molecular weight is 251 g/mol. The van der Waals surface area contributed by atoms with Crippen LogP contribution in [0.15, 0.2) is 12.7 Å². The first-order valence-electron chi connectivity index (χ1n) is 4.95. The predicted octanol–water partition coefficient (Wildman–Crippen LogP) is 1.28. The minimum atomic E-state index is -4.49. The molecule has 0 radical (unpaired) electrons. The minimum Gasteiger partial charge on any atom is -0.481 e. The smallest absolute Gasteiger partial charge is 0.406 e. The van der Waals surface area contributed by atoms with Gasteiger partial charge in [0.25, 0.3) is 0 Å². The highest BCUT2D eigenvalue weighted by atomic mass is 19.4. The summed E-state index contributed by atoms with van der Waals surface area (Å²) < 4.78 is 36.6. The van der Waals surface area contributed by atoms with Crippen LogP contribution in [0.3, 0.4) is 0 Å². The largest absolute Gasteiger partial charge is 0.481 e. The zero-order valence-corrected chi connectivity index (χ0v) is 8.91. The molecular weight excluding hydrogens is 239 g/mol. The predicted molar refractivity (Wildman–Crippen MR) is 52.1 cm³/mol. The Balaban J connectivity index is 2.62. The van der Waals surface area contributed by atoms with Crippen molar-refractivity contribution >= 4 is 11.9 Å². The quantitative estimate of drug-likeness (QED) is 0.749. The number of carboxylic acids is 1. The van der Waals surface area contributed by atoms with E-state index in [4.69, 9.17) is 5.11 Å². The van der Waals surface area contributed by atoms with Crippen LogP contribution in [0, 0.1) is 11.8 Å². The van der Waals surface area contributed by atoms with Crippen LogP contribution in [0.1, 0.15) is 6.42 Å². The van der Waals surface area contributed by atoms with Gasteiger partial charge in [0, 0.05) is 6.54 Å². The molecule has 7 heteroatoms. The van der Waals surface area contributed by atoms with Gasteiger partial charge in [0.05, 0.1) is 11.8 Å². The molecule has 0 unspecified atom stereocenters. The van der Waals surface area contributed by atoms with Gasteiger partial charge >= 0.3 is 12.1 Å². The van der Waals surface area contributed by atoms with Crippen LogP contribution in [0.2, 0.25) is 0 Å². The minimum absolute atomic E-state index is 0.111. The van der Waals surface area contributed by atoms with Crippen LogP contribution < -0.4 is 0 Å². The maximum atomic E-state index is 12.2. The molecule has 1 N–H and O–H groups in total. The van der Waals surface area contributed by atoms with E-state index in [-0.39, 0.29) is 13.0 Å². The van der Waals surface area contributed by atoms with Crippen molar-refractivity contribution in [3.05, 3.63) is 12.7 Å². The number of carbonyl (C=O) groups is 2. The lowest BCUT2D eigenvalue weighted by molar-refractivity contribution is -0.161. The summed E-state index contributed by atoms with van der Waals surface area (Å²) in [5, 5.41) is 8.60. The van der Waals surface area contributed by atoms with Crippen molar-refractivity contribution in [1.29, 1.82) is 0 Å². The summed E-state index contributed by atoms with van der Waals surface area (Å²) in [6, 6.07) is 0. The summed E-state index contributed by atoms with van der Waals surface area (Å²) >= 11 is 0. The number of hydrogen-bond donors (Lipinski definition) is 1. The molecule has 1 aliphatic rings. The number of hydrogen-bond acceptors (Lipinski definition) is 2. The molecule has 0 heterocycles. The topological polar surface area (TPSA) is 57.6 Å². The summed E-state index contributed by atoms with van der Waals surface area (Å²) in [6.07, 6.45) is -3.20. The number of amides is 1. The van der Waals surface area contributed by atoms with Crippen molar-refractivity contribution in [3.8, 4) is 0 Å².